The van der Waals surface area contributed by atoms with Gasteiger partial charge in [-0.25, -0.2) is 0 Å². The molecule has 33 heavy (non-hydrogen) atoms. The molecule has 0 aromatic carbocycles. The number of rotatable bonds is 20. The zero-order chi connectivity index (χ0) is 24.0. The summed E-state index contributed by atoms with van der Waals surface area (Å²) in [4.78, 5) is 18.8. The minimum absolute atomic E-state index is 0.121. The summed E-state index contributed by atoms with van der Waals surface area (Å²) in [5.74, 6) is 0.983. The molecule has 2 saturated heterocycles. The molecule has 0 bridgehead atoms. The molecule has 2 heterocycles. The van der Waals surface area contributed by atoms with Gasteiger partial charge in [0.25, 0.3) is 0 Å². The minimum atomic E-state index is -0.341. The summed E-state index contributed by atoms with van der Waals surface area (Å²) in [5.41, 5.74) is -0.341. The summed E-state index contributed by atoms with van der Waals surface area (Å²) in [6, 6.07) is 0. The summed E-state index contributed by atoms with van der Waals surface area (Å²) >= 11 is 0. The lowest BCUT2D eigenvalue weighted by Gasteiger charge is -2.30. The van der Waals surface area contributed by atoms with E-state index >= 15 is 0 Å². The van der Waals surface area contributed by atoms with E-state index in [0.717, 1.165) is 51.1 Å². The summed E-state index contributed by atoms with van der Waals surface area (Å²) < 4.78 is 6.67. The molecule has 194 valence electrons. The average molecular weight is 468 g/mol. The number of nitrogens with zero attached hydrogens (tertiary/aromatic N) is 1. The van der Waals surface area contributed by atoms with Gasteiger partial charge in [0.05, 0.1) is 0 Å². The van der Waals surface area contributed by atoms with Crippen LogP contribution in [0.5, 0.6) is 0 Å². The van der Waals surface area contributed by atoms with Gasteiger partial charge in [0.15, 0.2) is 0 Å². The van der Waals surface area contributed by atoms with Crippen LogP contribution in [0, 0.1) is 5.92 Å². The Labute approximate surface area is 204 Å². The Bertz CT molecular complexity index is 537. The number of hydrogen-bond donors (Lipinski definition) is 1. The van der Waals surface area contributed by atoms with Crippen LogP contribution in [0.4, 0.5) is 0 Å². The number of carbonyl (C=O) groups excluding carboxylic acids is 1. The lowest BCUT2D eigenvalue weighted by atomic mass is 10.0. The van der Waals surface area contributed by atoms with Gasteiger partial charge in [-0.05, 0) is 25.2 Å². The number of hydrogen-bond acceptors (Lipinski definition) is 3. The Morgan fingerprint density at radius 3 is 2.03 bits per heavy atom. The van der Waals surface area contributed by atoms with E-state index in [1.54, 1.807) is 0 Å². The van der Waals surface area contributed by atoms with Crippen LogP contribution in [0.3, 0.4) is 0 Å². The van der Waals surface area contributed by atoms with Crippen molar-refractivity contribution in [2.45, 2.75) is 149 Å². The van der Waals surface area contributed by atoms with Crippen LogP contribution in [0.1, 0.15) is 137 Å². The highest BCUT2D eigenvalue weighted by molar-refractivity contribution is 5.76. The maximum atomic E-state index is 12.6. The Morgan fingerprint density at radius 1 is 0.909 bits per heavy atom. The van der Waals surface area contributed by atoms with Gasteiger partial charge >= 0.3 is 5.72 Å². The smallest absolute Gasteiger partial charge is 0.327 e. The Kier molecular flexibility index (Phi) is 13.3. The molecule has 1 N–H and O–H groups in total. The molecule has 0 radical (unpaired) electrons. The summed E-state index contributed by atoms with van der Waals surface area (Å²) in [7, 11) is 0. The normalized spacial score (nSPS) is 26.4. The second-order valence-corrected chi connectivity index (χ2v) is 11.0. The number of hydroxylamine groups is 3. The zero-order valence-electron chi connectivity index (χ0n) is 22.5. The van der Waals surface area contributed by atoms with Crippen LogP contribution in [0.15, 0.2) is 0 Å². The molecule has 2 aliphatic rings. The SMILES string of the molecule is CCCC12O[N+]1(CCC)CCOC2NC(=O)CCCCCCCCCCCCCCC(C)C. The highest BCUT2D eigenvalue weighted by Gasteiger charge is 2.79. The maximum absolute atomic E-state index is 12.6. The quantitative estimate of drug-likeness (QED) is 0.117. The van der Waals surface area contributed by atoms with Crippen molar-refractivity contribution in [2.24, 2.45) is 5.92 Å². The molecular weight excluding hydrogens is 412 g/mol. The molecule has 0 spiro atoms. The molecule has 5 heteroatoms. The van der Waals surface area contributed by atoms with Crippen molar-refractivity contribution in [1.82, 2.24) is 5.32 Å². The fourth-order valence-electron chi connectivity index (χ4n) is 5.65. The second kappa shape index (κ2) is 15.4. The first-order chi connectivity index (χ1) is 16.0. The summed E-state index contributed by atoms with van der Waals surface area (Å²) in [5, 5.41) is 3.17. The predicted octanol–water partition coefficient (Wildman–Crippen LogP) is 7.24. The van der Waals surface area contributed by atoms with Gasteiger partial charge in [0.2, 0.25) is 12.1 Å². The fourth-order valence-corrected chi connectivity index (χ4v) is 5.65. The van der Waals surface area contributed by atoms with E-state index in [0.29, 0.717) is 17.7 Å². The van der Waals surface area contributed by atoms with E-state index in [9.17, 15) is 4.79 Å². The maximum Gasteiger partial charge on any atom is 0.327 e. The van der Waals surface area contributed by atoms with Crippen molar-refractivity contribution >= 4 is 5.91 Å². The van der Waals surface area contributed by atoms with Crippen LogP contribution >= 0.6 is 0 Å². The standard InChI is InChI=1S/C28H54N2O3/c1-5-21-28-27(32-24-23-30(28,33-28)22-6-2)29-26(31)20-18-16-14-12-10-8-7-9-11-13-15-17-19-25(3)4/h25,27H,5-24H2,1-4H3/p+1. The molecule has 3 unspecified atom stereocenters. The minimum Gasteiger partial charge on any atom is -0.344 e. The number of carbonyl (C=O) groups is 1. The molecule has 2 aliphatic heterocycles. The van der Waals surface area contributed by atoms with Gasteiger partial charge in [-0.3, -0.25) is 4.79 Å². The van der Waals surface area contributed by atoms with E-state index < -0.39 is 0 Å². The first-order valence-electron chi connectivity index (χ1n) is 14.5. The van der Waals surface area contributed by atoms with Crippen molar-refractivity contribution in [3.63, 3.8) is 0 Å². The molecule has 2 rings (SSSR count). The van der Waals surface area contributed by atoms with Gasteiger partial charge in [-0.2, -0.15) is 0 Å². The third kappa shape index (κ3) is 9.14. The highest BCUT2D eigenvalue weighted by atomic mass is 16.9. The highest BCUT2D eigenvalue weighted by Crippen LogP contribution is 2.53. The van der Waals surface area contributed by atoms with Crippen molar-refractivity contribution in [2.75, 3.05) is 19.7 Å². The van der Waals surface area contributed by atoms with E-state index in [-0.39, 0.29) is 17.9 Å². The first kappa shape index (κ1) is 28.6. The molecule has 1 amide bonds. The molecule has 0 aliphatic carbocycles. The number of ether oxygens (including phenoxy) is 1. The van der Waals surface area contributed by atoms with Gasteiger partial charge in [0.1, 0.15) is 19.7 Å². The van der Waals surface area contributed by atoms with Crippen molar-refractivity contribution in [3.05, 3.63) is 0 Å². The first-order valence-corrected chi connectivity index (χ1v) is 14.5. The number of fused-ring (bicyclic) bond motifs is 1. The molecule has 5 nitrogen and oxygen atoms in total. The largest absolute Gasteiger partial charge is 0.344 e. The van der Waals surface area contributed by atoms with Crippen molar-refractivity contribution < 1.29 is 19.0 Å². The molecule has 2 fully saturated rings. The van der Waals surface area contributed by atoms with E-state index in [2.05, 4.69) is 33.0 Å². The van der Waals surface area contributed by atoms with Crippen LogP contribution in [0.2, 0.25) is 0 Å². The lowest BCUT2D eigenvalue weighted by Crippen LogP contribution is -2.58. The number of unbranched alkanes of at least 4 members (excludes halogenated alkanes) is 11. The zero-order valence-corrected chi connectivity index (χ0v) is 22.5. The second-order valence-electron chi connectivity index (χ2n) is 11.0. The van der Waals surface area contributed by atoms with Gasteiger partial charge in [0, 0.05) is 12.8 Å². The Morgan fingerprint density at radius 2 is 1.48 bits per heavy atom. The Balaban J connectivity index is 1.46. The van der Waals surface area contributed by atoms with Crippen LogP contribution in [-0.4, -0.2) is 42.2 Å². The van der Waals surface area contributed by atoms with E-state index in [1.165, 1.54) is 70.6 Å². The molecule has 0 aromatic heterocycles. The van der Waals surface area contributed by atoms with Gasteiger partial charge in [-0.15, -0.1) is 9.48 Å². The summed E-state index contributed by atoms with van der Waals surface area (Å²) in [6.07, 6.45) is 20.7. The fraction of sp³-hybridized carbons (Fsp3) is 0.964. The van der Waals surface area contributed by atoms with Crippen molar-refractivity contribution in [3.8, 4) is 0 Å². The van der Waals surface area contributed by atoms with Crippen LogP contribution in [-0.2, 0) is 14.4 Å². The topological polar surface area (TPSA) is 50.9 Å². The van der Waals surface area contributed by atoms with Crippen molar-refractivity contribution in [1.29, 1.82) is 0 Å². The molecule has 0 aromatic rings. The molecular formula is C28H55N2O3+. The Hall–Kier alpha value is -0.650. The van der Waals surface area contributed by atoms with E-state index in [1.807, 2.05) is 0 Å². The van der Waals surface area contributed by atoms with Gasteiger partial charge < -0.3 is 10.1 Å². The third-order valence-electron chi connectivity index (χ3n) is 7.56. The average Bonchev–Trinajstić information content (AvgIpc) is 3.43. The van der Waals surface area contributed by atoms with Gasteiger partial charge in [-0.1, -0.05) is 105 Å². The third-order valence-corrected chi connectivity index (χ3v) is 7.56. The monoisotopic (exact) mass is 467 g/mol. The number of nitrogens with one attached hydrogen (secondary N) is 1. The van der Waals surface area contributed by atoms with Crippen LogP contribution < -0.4 is 5.32 Å². The number of morpholine rings is 1. The summed E-state index contributed by atoms with van der Waals surface area (Å²) in [6.45, 7) is 11.6. The number of amides is 1. The van der Waals surface area contributed by atoms with Crippen LogP contribution in [0.25, 0.3) is 0 Å². The number of quaternary nitrogens is 1. The lowest BCUT2D eigenvalue weighted by molar-refractivity contribution is -0.936. The molecule has 0 saturated carbocycles. The predicted molar refractivity (Wildman–Crippen MR) is 136 cm³/mol. The van der Waals surface area contributed by atoms with E-state index in [4.69, 9.17) is 9.57 Å². The molecule has 3 atom stereocenters.